The zero-order valence-corrected chi connectivity index (χ0v) is 12.0. The maximum absolute atomic E-state index is 12.1. The summed E-state index contributed by atoms with van der Waals surface area (Å²) in [5, 5.41) is 2.58. The molecule has 0 saturated carbocycles. The number of hydrogen-bond donors (Lipinski definition) is 1. The van der Waals surface area contributed by atoms with Crippen molar-refractivity contribution in [2.45, 2.75) is 20.3 Å². The van der Waals surface area contributed by atoms with Gasteiger partial charge >= 0.3 is 0 Å². The third-order valence-electron chi connectivity index (χ3n) is 2.57. The molecule has 1 heterocycles. The van der Waals surface area contributed by atoms with Crippen LogP contribution in [0.1, 0.15) is 27.9 Å². The lowest BCUT2D eigenvalue weighted by Crippen LogP contribution is -2.39. The van der Waals surface area contributed by atoms with Gasteiger partial charge in [-0.05, 0) is 32.0 Å². The molecule has 0 bridgehead atoms. The first kappa shape index (κ1) is 14.9. The monoisotopic (exact) mass is 268 g/mol. The van der Waals surface area contributed by atoms with Crippen LogP contribution in [-0.4, -0.2) is 43.3 Å². The second-order valence-electron chi connectivity index (χ2n) is 4.22. The van der Waals surface area contributed by atoms with E-state index in [0.29, 0.717) is 6.54 Å². The Balaban J connectivity index is 2.60. The largest absolute Gasteiger partial charge is 0.358 e. The van der Waals surface area contributed by atoms with Crippen molar-refractivity contribution in [3.05, 3.63) is 21.9 Å². The summed E-state index contributed by atoms with van der Waals surface area (Å²) in [6, 6.07) is 3.80. The van der Waals surface area contributed by atoms with E-state index in [1.807, 2.05) is 30.9 Å². The van der Waals surface area contributed by atoms with Crippen LogP contribution in [0.4, 0.5) is 0 Å². The average Bonchev–Trinajstić information content (AvgIpc) is 2.76. The van der Waals surface area contributed by atoms with E-state index in [0.717, 1.165) is 22.7 Å². The fraction of sp³-hybridized carbons (Fsp3) is 0.538. The number of aryl methyl sites for hydroxylation is 1. The molecule has 1 aromatic heterocycles. The molecule has 100 valence electrons. The van der Waals surface area contributed by atoms with Crippen molar-refractivity contribution >= 4 is 23.0 Å². The van der Waals surface area contributed by atoms with E-state index in [9.17, 15) is 9.59 Å². The predicted octanol–water partition coefficient (Wildman–Crippen LogP) is 1.70. The molecule has 0 saturated heterocycles. The standard InChI is InChI=1S/C13H20N2O2S/c1-4-7-15(9-13(17)14-3)8-11(16)12-6-5-10(2)18-12/h5-6H,4,7-9H2,1-3H3,(H,14,17). The van der Waals surface area contributed by atoms with Gasteiger partial charge in [0.25, 0.3) is 0 Å². The van der Waals surface area contributed by atoms with Gasteiger partial charge in [0.05, 0.1) is 18.0 Å². The van der Waals surface area contributed by atoms with E-state index >= 15 is 0 Å². The molecule has 0 fully saturated rings. The van der Waals surface area contributed by atoms with Gasteiger partial charge in [-0.15, -0.1) is 11.3 Å². The minimum atomic E-state index is -0.0568. The topological polar surface area (TPSA) is 49.4 Å². The molecule has 18 heavy (non-hydrogen) atoms. The van der Waals surface area contributed by atoms with Crippen LogP contribution in [0.25, 0.3) is 0 Å². The summed E-state index contributed by atoms with van der Waals surface area (Å²) >= 11 is 1.50. The summed E-state index contributed by atoms with van der Waals surface area (Å²) in [6.07, 6.45) is 0.924. The van der Waals surface area contributed by atoms with Crippen molar-refractivity contribution in [3.8, 4) is 0 Å². The Labute approximate surface area is 112 Å². The summed E-state index contributed by atoms with van der Waals surface area (Å²) in [4.78, 5) is 27.2. The summed E-state index contributed by atoms with van der Waals surface area (Å²) in [7, 11) is 1.61. The average molecular weight is 268 g/mol. The fourth-order valence-corrected chi connectivity index (χ4v) is 2.48. The number of likely N-dealkylation sites (N-methyl/N-ethyl adjacent to an activating group) is 1. The minimum absolute atomic E-state index is 0.0568. The van der Waals surface area contributed by atoms with Gasteiger partial charge in [-0.3, -0.25) is 14.5 Å². The molecule has 0 aromatic carbocycles. The van der Waals surface area contributed by atoms with Gasteiger partial charge in [-0.1, -0.05) is 6.92 Å². The van der Waals surface area contributed by atoms with Gasteiger partial charge in [0.2, 0.25) is 5.91 Å². The van der Waals surface area contributed by atoms with E-state index in [4.69, 9.17) is 0 Å². The smallest absolute Gasteiger partial charge is 0.233 e. The van der Waals surface area contributed by atoms with Crippen molar-refractivity contribution in [1.29, 1.82) is 0 Å². The first-order valence-electron chi connectivity index (χ1n) is 6.09. The zero-order valence-electron chi connectivity index (χ0n) is 11.2. The highest BCUT2D eigenvalue weighted by Crippen LogP contribution is 2.16. The van der Waals surface area contributed by atoms with Gasteiger partial charge < -0.3 is 5.32 Å². The number of nitrogens with zero attached hydrogens (tertiary/aromatic N) is 1. The Morgan fingerprint density at radius 2 is 2.06 bits per heavy atom. The molecule has 1 N–H and O–H groups in total. The molecule has 1 rings (SSSR count). The highest BCUT2D eigenvalue weighted by atomic mass is 32.1. The lowest BCUT2D eigenvalue weighted by Gasteiger charge is -2.19. The third kappa shape index (κ3) is 4.58. The van der Waals surface area contributed by atoms with Crippen molar-refractivity contribution in [1.82, 2.24) is 10.2 Å². The number of carbonyl (C=O) groups is 2. The zero-order chi connectivity index (χ0) is 13.5. The van der Waals surface area contributed by atoms with Crippen LogP contribution in [0, 0.1) is 6.92 Å². The number of Topliss-reactive ketones (excluding diaryl/α,β-unsaturated/α-hetero) is 1. The molecule has 4 nitrogen and oxygen atoms in total. The van der Waals surface area contributed by atoms with Crippen LogP contribution in [0.3, 0.4) is 0 Å². The van der Waals surface area contributed by atoms with Crippen LogP contribution in [0.15, 0.2) is 12.1 Å². The number of amides is 1. The molecular weight excluding hydrogens is 248 g/mol. The van der Waals surface area contributed by atoms with Crippen molar-refractivity contribution in [2.75, 3.05) is 26.7 Å². The number of thiophene rings is 1. The van der Waals surface area contributed by atoms with Gasteiger partial charge in [0.15, 0.2) is 5.78 Å². The maximum atomic E-state index is 12.1. The molecule has 0 atom stereocenters. The Kier molecular flexibility index (Phi) is 6.01. The van der Waals surface area contributed by atoms with Gasteiger partial charge in [0.1, 0.15) is 0 Å². The number of hydrogen-bond acceptors (Lipinski definition) is 4. The number of rotatable bonds is 7. The van der Waals surface area contributed by atoms with Crippen LogP contribution in [0.2, 0.25) is 0 Å². The van der Waals surface area contributed by atoms with Gasteiger partial charge in [-0.25, -0.2) is 0 Å². The molecular formula is C13H20N2O2S. The first-order chi connectivity index (χ1) is 8.56. The highest BCUT2D eigenvalue weighted by molar-refractivity contribution is 7.14. The van der Waals surface area contributed by atoms with Gasteiger partial charge in [-0.2, -0.15) is 0 Å². The molecule has 1 aromatic rings. The molecule has 0 aliphatic carbocycles. The van der Waals surface area contributed by atoms with Crippen LogP contribution >= 0.6 is 11.3 Å². The van der Waals surface area contributed by atoms with E-state index in [2.05, 4.69) is 5.32 Å². The summed E-state index contributed by atoms with van der Waals surface area (Å²) in [5.41, 5.74) is 0. The Morgan fingerprint density at radius 1 is 1.33 bits per heavy atom. The number of nitrogens with one attached hydrogen (secondary N) is 1. The first-order valence-corrected chi connectivity index (χ1v) is 6.91. The second-order valence-corrected chi connectivity index (χ2v) is 5.51. The van der Waals surface area contributed by atoms with Crippen LogP contribution in [-0.2, 0) is 4.79 Å². The predicted molar refractivity (Wildman–Crippen MR) is 74.2 cm³/mol. The van der Waals surface area contributed by atoms with E-state index in [1.54, 1.807) is 7.05 Å². The van der Waals surface area contributed by atoms with Crippen LogP contribution < -0.4 is 5.32 Å². The summed E-state index contributed by atoms with van der Waals surface area (Å²) < 4.78 is 0. The summed E-state index contributed by atoms with van der Waals surface area (Å²) in [5.74, 6) is 0.0315. The number of carbonyl (C=O) groups excluding carboxylic acids is 2. The fourth-order valence-electron chi connectivity index (χ4n) is 1.68. The molecule has 0 aliphatic heterocycles. The molecule has 0 unspecified atom stereocenters. The molecule has 1 amide bonds. The lowest BCUT2D eigenvalue weighted by molar-refractivity contribution is -0.121. The van der Waals surface area contributed by atoms with Gasteiger partial charge in [0, 0.05) is 11.9 Å². The van der Waals surface area contributed by atoms with E-state index in [1.165, 1.54) is 11.3 Å². The second kappa shape index (κ2) is 7.28. The Morgan fingerprint density at radius 3 is 2.56 bits per heavy atom. The molecule has 0 aliphatic rings. The molecule has 0 radical (unpaired) electrons. The normalized spacial score (nSPS) is 10.7. The molecule has 5 heteroatoms. The lowest BCUT2D eigenvalue weighted by atomic mass is 10.2. The van der Waals surface area contributed by atoms with Crippen molar-refractivity contribution in [2.24, 2.45) is 0 Å². The van der Waals surface area contributed by atoms with Crippen molar-refractivity contribution < 1.29 is 9.59 Å². The number of ketones is 1. The Hall–Kier alpha value is -1.20. The van der Waals surface area contributed by atoms with E-state index in [-0.39, 0.29) is 18.2 Å². The summed E-state index contributed by atoms with van der Waals surface area (Å²) in [6.45, 7) is 5.36. The van der Waals surface area contributed by atoms with Crippen molar-refractivity contribution in [3.63, 3.8) is 0 Å². The SMILES string of the molecule is CCCN(CC(=O)NC)CC(=O)c1ccc(C)s1. The quantitative estimate of drug-likeness (QED) is 0.766. The Bertz CT molecular complexity index is 415. The highest BCUT2D eigenvalue weighted by Gasteiger charge is 2.15. The maximum Gasteiger partial charge on any atom is 0.233 e. The third-order valence-corrected chi connectivity index (χ3v) is 3.61. The molecule has 0 spiro atoms. The van der Waals surface area contributed by atoms with E-state index < -0.39 is 0 Å². The van der Waals surface area contributed by atoms with Crippen LogP contribution in [0.5, 0.6) is 0 Å². The minimum Gasteiger partial charge on any atom is -0.358 e.